The fraction of sp³-hybridized carbons (Fsp3) is 0. The molecule has 0 saturated heterocycles. The molecule has 0 saturated carbocycles. The van der Waals surface area contributed by atoms with Crippen LogP contribution in [0.5, 0.6) is 0 Å². The normalized spacial score (nSPS) is 12.1. The molecule has 1 heteroatoms. The third-order valence-corrected chi connectivity index (χ3v) is 9.75. The minimum absolute atomic E-state index is 0.0950. The van der Waals surface area contributed by atoms with E-state index in [1.54, 1.807) is 0 Å². The predicted molar refractivity (Wildman–Crippen MR) is 226 cm³/mol. The molecule has 53 heavy (non-hydrogen) atoms. The molecule has 1 nitrogen and oxygen atoms in total. The summed E-state index contributed by atoms with van der Waals surface area (Å²) in [4.78, 5) is 1.85. The highest BCUT2D eigenvalue weighted by Gasteiger charge is 2.16. The summed E-state index contributed by atoms with van der Waals surface area (Å²) in [5.74, 6) is 0. The number of hydrogen-bond acceptors (Lipinski definition) is 1. The summed E-state index contributed by atoms with van der Waals surface area (Å²) in [6.07, 6.45) is 0. The molecule has 0 spiro atoms. The molecule has 250 valence electrons. The Hall–Kier alpha value is -6.96. The second-order valence-corrected chi connectivity index (χ2v) is 13.0. The van der Waals surface area contributed by atoms with Gasteiger partial charge in [-0.15, -0.1) is 0 Å². The van der Waals surface area contributed by atoms with Crippen molar-refractivity contribution in [2.45, 2.75) is 0 Å². The highest BCUT2D eigenvalue weighted by atomic mass is 15.1. The minimum atomic E-state index is -0.117. The average Bonchev–Trinajstić information content (AvgIpc) is 3.28. The number of hydrogen-bond donors (Lipinski definition) is 0. The first-order valence-electron chi connectivity index (χ1n) is 19.9. The fourth-order valence-electron chi connectivity index (χ4n) is 7.11. The van der Waals surface area contributed by atoms with Crippen LogP contribution in [-0.2, 0) is 0 Å². The molecule has 0 aromatic heterocycles. The van der Waals surface area contributed by atoms with Crippen molar-refractivity contribution in [2.24, 2.45) is 0 Å². The van der Waals surface area contributed by atoms with Gasteiger partial charge in [-0.25, -0.2) is 0 Å². The second-order valence-electron chi connectivity index (χ2n) is 13.0. The first-order valence-corrected chi connectivity index (χ1v) is 17.9. The molecule has 0 fully saturated rings. The monoisotopic (exact) mass is 679 g/mol. The van der Waals surface area contributed by atoms with Gasteiger partial charge < -0.3 is 4.90 Å². The van der Waals surface area contributed by atoms with E-state index in [9.17, 15) is 5.48 Å². The molecular weight excluding hydrogens is 639 g/mol. The molecule has 0 heterocycles. The summed E-state index contributed by atoms with van der Waals surface area (Å²) in [5.41, 5.74) is 11.0. The van der Waals surface area contributed by atoms with Crippen molar-refractivity contribution in [1.82, 2.24) is 0 Å². The van der Waals surface area contributed by atoms with E-state index < -0.39 is 0 Å². The van der Waals surface area contributed by atoms with Crippen LogP contribution in [0.2, 0.25) is 0 Å². The van der Waals surface area contributed by atoms with Crippen LogP contribution in [0.3, 0.4) is 0 Å². The van der Waals surface area contributed by atoms with Crippen LogP contribution >= 0.6 is 0 Å². The van der Waals surface area contributed by atoms with Gasteiger partial charge in [0.1, 0.15) is 0 Å². The smallest absolute Gasteiger partial charge is 0.0645 e. The summed E-state index contributed by atoms with van der Waals surface area (Å²) in [7, 11) is 0. The van der Waals surface area contributed by atoms with Gasteiger partial charge in [0, 0.05) is 17.1 Å². The summed E-state index contributed by atoms with van der Waals surface area (Å²) >= 11 is 0. The molecule has 9 aromatic rings. The molecule has 0 atom stereocenters. The van der Waals surface area contributed by atoms with Crippen molar-refractivity contribution in [3.8, 4) is 55.6 Å². The molecule has 0 amide bonds. The largest absolute Gasteiger partial charge is 0.311 e. The summed E-state index contributed by atoms with van der Waals surface area (Å²) in [6, 6.07) is 66.8. The Morgan fingerprint density at radius 2 is 0.774 bits per heavy atom. The maximum Gasteiger partial charge on any atom is 0.0645 e. The van der Waals surface area contributed by atoms with Crippen LogP contribution in [0, 0.1) is 0 Å². The zero-order chi connectivity index (χ0) is 38.9. The van der Waals surface area contributed by atoms with E-state index >= 15 is 0 Å². The molecule has 0 N–H and O–H groups in total. The lowest BCUT2D eigenvalue weighted by molar-refractivity contribution is 1.28. The Balaban J connectivity index is 1.19. The SMILES string of the molecule is [2H]c1c([2H])c(N(c2ccc(-c3ccccc3)cc2)c2ccc(-c3ccc4ccccc4c3-c3ccccc3)cc2)c([2H])c([2H])c1-c1cccc(-c2ccccc2)c1. The highest BCUT2D eigenvalue weighted by Crippen LogP contribution is 2.41. The molecule has 0 aliphatic rings. The molecule has 9 aromatic carbocycles. The van der Waals surface area contributed by atoms with Crippen molar-refractivity contribution < 1.29 is 5.48 Å². The zero-order valence-corrected chi connectivity index (χ0v) is 29.0. The molecular formula is C52H37N. The van der Waals surface area contributed by atoms with Gasteiger partial charge in [-0.3, -0.25) is 0 Å². The standard InChI is InChI=1S/C52H37N/c1-4-13-38(14-5-1)40-23-30-47(31-24-40)53(48-32-25-41(26-33-48)46-21-12-20-45(37-46)39-15-6-2-7-16-39)49-34-27-43(28-35-49)51-36-29-42-17-10-11-22-50(42)52(51)44-18-8-3-9-19-44/h1-37H/i25D,26D,32D,33D. The Bertz CT molecular complexity index is 2830. The molecule has 0 bridgehead atoms. The number of rotatable bonds is 8. The van der Waals surface area contributed by atoms with Crippen LogP contribution in [0.4, 0.5) is 17.1 Å². The van der Waals surface area contributed by atoms with E-state index in [0.717, 1.165) is 50.2 Å². The van der Waals surface area contributed by atoms with Gasteiger partial charge in [-0.2, -0.15) is 0 Å². The van der Waals surface area contributed by atoms with Gasteiger partial charge in [-0.1, -0.05) is 182 Å². The Morgan fingerprint density at radius 3 is 1.40 bits per heavy atom. The van der Waals surface area contributed by atoms with Crippen LogP contribution in [0.1, 0.15) is 5.48 Å². The van der Waals surface area contributed by atoms with Crippen LogP contribution in [-0.4, -0.2) is 0 Å². The summed E-state index contributed by atoms with van der Waals surface area (Å²) < 4.78 is 37.7. The fourth-order valence-corrected chi connectivity index (χ4v) is 7.11. The van der Waals surface area contributed by atoms with Crippen molar-refractivity contribution in [3.05, 3.63) is 224 Å². The minimum Gasteiger partial charge on any atom is -0.311 e. The van der Waals surface area contributed by atoms with Crippen LogP contribution in [0.15, 0.2) is 224 Å². The van der Waals surface area contributed by atoms with Crippen molar-refractivity contribution >= 4 is 27.8 Å². The molecule has 0 unspecified atom stereocenters. The lowest BCUT2D eigenvalue weighted by atomic mass is 9.90. The molecule has 9 rings (SSSR count). The average molecular weight is 680 g/mol. The van der Waals surface area contributed by atoms with Gasteiger partial charge in [0.25, 0.3) is 0 Å². The zero-order valence-electron chi connectivity index (χ0n) is 33.0. The van der Waals surface area contributed by atoms with E-state index in [0.29, 0.717) is 11.3 Å². The van der Waals surface area contributed by atoms with E-state index in [2.05, 4.69) is 84.9 Å². The van der Waals surface area contributed by atoms with Crippen LogP contribution < -0.4 is 4.90 Å². The number of nitrogens with zero attached hydrogens (tertiary/aromatic N) is 1. The van der Waals surface area contributed by atoms with Crippen LogP contribution in [0.25, 0.3) is 66.4 Å². The second kappa shape index (κ2) is 14.3. The van der Waals surface area contributed by atoms with Crippen molar-refractivity contribution in [2.75, 3.05) is 4.90 Å². The summed E-state index contributed by atoms with van der Waals surface area (Å²) in [5, 5.41) is 2.34. The van der Waals surface area contributed by atoms with Gasteiger partial charge >= 0.3 is 0 Å². The first-order chi connectivity index (χ1) is 28.0. The maximum absolute atomic E-state index is 9.49. The topological polar surface area (TPSA) is 3.24 Å². The maximum atomic E-state index is 9.49. The highest BCUT2D eigenvalue weighted by molar-refractivity contribution is 6.04. The van der Waals surface area contributed by atoms with E-state index in [-0.39, 0.29) is 35.4 Å². The Morgan fingerprint density at radius 1 is 0.302 bits per heavy atom. The van der Waals surface area contributed by atoms with E-state index in [1.165, 1.54) is 10.8 Å². The number of fused-ring (bicyclic) bond motifs is 1. The van der Waals surface area contributed by atoms with Crippen molar-refractivity contribution in [3.63, 3.8) is 0 Å². The predicted octanol–water partition coefficient (Wildman–Crippen LogP) is 14.6. The quantitative estimate of drug-likeness (QED) is 0.154. The molecule has 0 radical (unpaired) electrons. The van der Waals surface area contributed by atoms with Gasteiger partial charge in [0.15, 0.2) is 0 Å². The Kier molecular flexibility index (Phi) is 7.50. The summed E-state index contributed by atoms with van der Waals surface area (Å²) in [6.45, 7) is 0. The van der Waals surface area contributed by atoms with Gasteiger partial charge in [0.05, 0.1) is 5.48 Å². The number of benzene rings is 9. The van der Waals surface area contributed by atoms with E-state index in [1.807, 2.05) is 120 Å². The lowest BCUT2D eigenvalue weighted by Crippen LogP contribution is -2.09. The first kappa shape index (κ1) is 27.7. The third-order valence-electron chi connectivity index (χ3n) is 9.75. The molecule has 0 aliphatic carbocycles. The van der Waals surface area contributed by atoms with Crippen molar-refractivity contribution in [1.29, 1.82) is 0 Å². The van der Waals surface area contributed by atoms with E-state index in [4.69, 9.17) is 0 Å². The van der Waals surface area contributed by atoms with Gasteiger partial charge in [0.2, 0.25) is 0 Å². The molecule has 0 aliphatic heterocycles. The van der Waals surface area contributed by atoms with Gasteiger partial charge in [-0.05, 0) is 109 Å². The lowest BCUT2D eigenvalue weighted by Gasteiger charge is -2.26. The third kappa shape index (κ3) is 6.53. The Labute approximate surface area is 317 Å². The number of anilines is 3.